The maximum absolute atomic E-state index is 5.91. The number of aryl methyl sites for hydroxylation is 1. The van der Waals surface area contributed by atoms with Gasteiger partial charge in [-0.25, -0.2) is 0 Å². The number of nitrogens with two attached hydrogens (primary N) is 1. The van der Waals surface area contributed by atoms with Crippen LogP contribution in [-0.4, -0.2) is 24.5 Å². The number of fused-ring (bicyclic) bond motifs is 1. The summed E-state index contributed by atoms with van der Waals surface area (Å²) >= 11 is 0. The van der Waals surface area contributed by atoms with Crippen molar-refractivity contribution in [1.29, 1.82) is 0 Å². The van der Waals surface area contributed by atoms with Crippen molar-refractivity contribution in [3.63, 3.8) is 0 Å². The summed E-state index contributed by atoms with van der Waals surface area (Å²) in [4.78, 5) is 2.61. The van der Waals surface area contributed by atoms with Gasteiger partial charge in [-0.3, -0.25) is 4.90 Å². The number of furan rings is 1. The molecule has 0 bridgehead atoms. The first-order valence-corrected chi connectivity index (χ1v) is 7.58. The van der Waals surface area contributed by atoms with Crippen molar-refractivity contribution >= 4 is 0 Å². The first-order valence-electron chi connectivity index (χ1n) is 7.58. The van der Waals surface area contributed by atoms with E-state index in [4.69, 9.17) is 10.2 Å². The molecule has 0 amide bonds. The Morgan fingerprint density at radius 3 is 2.95 bits per heavy atom. The van der Waals surface area contributed by atoms with Gasteiger partial charge in [-0.1, -0.05) is 20.8 Å². The van der Waals surface area contributed by atoms with Crippen LogP contribution in [0.5, 0.6) is 0 Å². The Kier molecular flexibility index (Phi) is 4.69. The van der Waals surface area contributed by atoms with Crippen LogP contribution in [0.3, 0.4) is 0 Å². The predicted molar refractivity (Wildman–Crippen MR) is 79.1 cm³/mol. The zero-order valence-corrected chi connectivity index (χ0v) is 12.6. The second-order valence-electron chi connectivity index (χ2n) is 6.55. The van der Waals surface area contributed by atoms with E-state index in [-0.39, 0.29) is 5.41 Å². The van der Waals surface area contributed by atoms with Gasteiger partial charge in [0.05, 0.1) is 6.26 Å². The number of hydrogen-bond acceptors (Lipinski definition) is 3. The standard InChI is InChI=1S/C16H28N2O/c1-4-9-18(12-16(2,3)11-17)14-6-5-7-15-13(14)8-10-19-15/h8,10,14H,4-7,9,11-12,17H2,1-3H3. The summed E-state index contributed by atoms with van der Waals surface area (Å²) in [6, 6.07) is 2.69. The molecule has 1 aromatic heterocycles. The summed E-state index contributed by atoms with van der Waals surface area (Å²) in [7, 11) is 0. The van der Waals surface area contributed by atoms with E-state index >= 15 is 0 Å². The summed E-state index contributed by atoms with van der Waals surface area (Å²) in [5.74, 6) is 1.20. The zero-order chi connectivity index (χ0) is 13.9. The average Bonchev–Trinajstić information content (AvgIpc) is 2.86. The minimum Gasteiger partial charge on any atom is -0.469 e. The highest BCUT2D eigenvalue weighted by molar-refractivity contribution is 5.24. The van der Waals surface area contributed by atoms with Crippen LogP contribution in [0.4, 0.5) is 0 Å². The predicted octanol–water partition coefficient (Wildman–Crippen LogP) is 3.35. The molecule has 0 saturated carbocycles. The Bertz CT molecular complexity index is 397. The van der Waals surface area contributed by atoms with Crippen LogP contribution in [0.1, 0.15) is 57.4 Å². The highest BCUT2D eigenvalue weighted by Gasteiger charge is 2.30. The maximum Gasteiger partial charge on any atom is 0.108 e. The van der Waals surface area contributed by atoms with Gasteiger partial charge in [0.15, 0.2) is 0 Å². The minimum absolute atomic E-state index is 0.177. The van der Waals surface area contributed by atoms with Crippen molar-refractivity contribution in [2.75, 3.05) is 19.6 Å². The number of nitrogens with zero attached hydrogens (tertiary/aromatic N) is 1. The highest BCUT2D eigenvalue weighted by atomic mass is 16.3. The quantitative estimate of drug-likeness (QED) is 0.856. The average molecular weight is 264 g/mol. The third-order valence-corrected chi connectivity index (χ3v) is 4.16. The van der Waals surface area contributed by atoms with Crippen LogP contribution < -0.4 is 5.73 Å². The molecule has 1 aliphatic carbocycles. The molecule has 0 aromatic carbocycles. The van der Waals surface area contributed by atoms with Crippen molar-refractivity contribution in [3.05, 3.63) is 23.7 Å². The van der Waals surface area contributed by atoms with Gasteiger partial charge in [-0.2, -0.15) is 0 Å². The van der Waals surface area contributed by atoms with Crippen molar-refractivity contribution in [3.8, 4) is 0 Å². The summed E-state index contributed by atoms with van der Waals surface area (Å²) < 4.78 is 5.62. The third-order valence-electron chi connectivity index (χ3n) is 4.16. The molecule has 0 saturated heterocycles. The second-order valence-corrected chi connectivity index (χ2v) is 6.55. The zero-order valence-electron chi connectivity index (χ0n) is 12.6. The fourth-order valence-corrected chi connectivity index (χ4v) is 3.09. The third kappa shape index (κ3) is 3.40. The fraction of sp³-hybridized carbons (Fsp3) is 0.750. The molecule has 19 heavy (non-hydrogen) atoms. The molecule has 0 aliphatic heterocycles. The SMILES string of the molecule is CCCN(CC(C)(C)CN)C1CCCc2occc21. The van der Waals surface area contributed by atoms with Gasteiger partial charge in [0.25, 0.3) is 0 Å². The maximum atomic E-state index is 5.91. The summed E-state index contributed by atoms with van der Waals surface area (Å²) in [6.45, 7) is 9.70. The summed E-state index contributed by atoms with van der Waals surface area (Å²) in [6.07, 6.45) is 6.60. The van der Waals surface area contributed by atoms with Gasteiger partial charge in [0, 0.05) is 24.6 Å². The molecule has 3 nitrogen and oxygen atoms in total. The van der Waals surface area contributed by atoms with Crippen molar-refractivity contribution < 1.29 is 4.42 Å². The number of hydrogen-bond donors (Lipinski definition) is 1. The molecular formula is C16H28N2O. The molecular weight excluding hydrogens is 236 g/mol. The molecule has 1 atom stereocenters. The molecule has 1 aromatic rings. The topological polar surface area (TPSA) is 42.4 Å². The lowest BCUT2D eigenvalue weighted by Gasteiger charge is -2.38. The molecule has 108 valence electrons. The molecule has 0 radical (unpaired) electrons. The van der Waals surface area contributed by atoms with E-state index in [9.17, 15) is 0 Å². The van der Waals surface area contributed by atoms with Gasteiger partial charge in [-0.05, 0) is 43.8 Å². The smallest absolute Gasteiger partial charge is 0.108 e. The van der Waals surface area contributed by atoms with Crippen LogP contribution in [0.25, 0.3) is 0 Å². The normalized spacial score (nSPS) is 19.7. The molecule has 2 N–H and O–H groups in total. The van der Waals surface area contributed by atoms with Gasteiger partial charge in [0.2, 0.25) is 0 Å². The fourth-order valence-electron chi connectivity index (χ4n) is 3.09. The molecule has 1 aliphatic rings. The molecule has 1 heterocycles. The molecule has 0 spiro atoms. The van der Waals surface area contributed by atoms with Crippen LogP contribution in [-0.2, 0) is 6.42 Å². The minimum atomic E-state index is 0.177. The van der Waals surface area contributed by atoms with Gasteiger partial charge < -0.3 is 10.2 Å². The Morgan fingerprint density at radius 1 is 1.47 bits per heavy atom. The van der Waals surface area contributed by atoms with Crippen LogP contribution in [0.15, 0.2) is 16.7 Å². The molecule has 1 unspecified atom stereocenters. The van der Waals surface area contributed by atoms with E-state index < -0.39 is 0 Å². The highest BCUT2D eigenvalue weighted by Crippen LogP contribution is 2.36. The Morgan fingerprint density at radius 2 is 2.26 bits per heavy atom. The van der Waals surface area contributed by atoms with Gasteiger partial charge in [0.1, 0.15) is 5.76 Å². The summed E-state index contributed by atoms with van der Waals surface area (Å²) in [5, 5.41) is 0. The molecule has 0 fully saturated rings. The van der Waals surface area contributed by atoms with Gasteiger partial charge in [-0.15, -0.1) is 0 Å². The van der Waals surface area contributed by atoms with Crippen molar-refractivity contribution in [2.45, 2.75) is 52.5 Å². The Balaban J connectivity index is 2.16. The second kappa shape index (κ2) is 6.10. The molecule has 3 heteroatoms. The monoisotopic (exact) mass is 264 g/mol. The van der Waals surface area contributed by atoms with Gasteiger partial charge >= 0.3 is 0 Å². The van der Waals surface area contributed by atoms with E-state index in [2.05, 4.69) is 31.7 Å². The largest absolute Gasteiger partial charge is 0.469 e. The lowest BCUT2D eigenvalue weighted by molar-refractivity contribution is 0.118. The van der Waals surface area contributed by atoms with E-state index in [1.54, 1.807) is 0 Å². The van der Waals surface area contributed by atoms with Crippen LogP contribution >= 0.6 is 0 Å². The van der Waals surface area contributed by atoms with Crippen molar-refractivity contribution in [2.24, 2.45) is 11.1 Å². The van der Waals surface area contributed by atoms with E-state index in [0.717, 1.165) is 26.1 Å². The van der Waals surface area contributed by atoms with Crippen molar-refractivity contribution in [1.82, 2.24) is 4.90 Å². The Labute approximate surface area is 117 Å². The van der Waals surface area contributed by atoms with Crippen LogP contribution in [0, 0.1) is 5.41 Å². The van der Waals surface area contributed by atoms with E-state index in [1.807, 2.05) is 6.26 Å². The first-order chi connectivity index (χ1) is 9.07. The lowest BCUT2D eigenvalue weighted by Crippen LogP contribution is -2.41. The molecule has 2 rings (SSSR count). The van der Waals surface area contributed by atoms with E-state index in [0.29, 0.717) is 6.04 Å². The Hall–Kier alpha value is -0.800. The number of rotatable bonds is 6. The van der Waals surface area contributed by atoms with Crippen LogP contribution in [0.2, 0.25) is 0 Å². The summed E-state index contributed by atoms with van der Waals surface area (Å²) in [5.41, 5.74) is 7.50. The lowest BCUT2D eigenvalue weighted by atomic mass is 9.88. The van der Waals surface area contributed by atoms with E-state index in [1.165, 1.54) is 30.6 Å². The first kappa shape index (κ1) is 14.6.